The molecule has 3 aromatic carbocycles. The van der Waals surface area contributed by atoms with Crippen LogP contribution in [0.1, 0.15) is 13.3 Å². The summed E-state index contributed by atoms with van der Waals surface area (Å²) in [6.45, 7) is 1.81. The summed E-state index contributed by atoms with van der Waals surface area (Å²) < 4.78 is 25.0. The Bertz CT molecular complexity index is 882. The molecule has 1 N–H and O–H groups in total. The molecular weight excluding hydrogens is 345 g/mol. The number of amides is 1. The van der Waals surface area contributed by atoms with Crippen LogP contribution in [-0.2, 0) is 4.79 Å². The van der Waals surface area contributed by atoms with Crippen molar-refractivity contribution in [3.05, 3.63) is 84.7 Å². The van der Waals surface area contributed by atoms with E-state index in [1.807, 2.05) is 37.3 Å². The van der Waals surface area contributed by atoms with Crippen molar-refractivity contribution in [1.82, 2.24) is 0 Å². The van der Waals surface area contributed by atoms with E-state index in [-0.39, 0.29) is 11.7 Å². The van der Waals surface area contributed by atoms with Crippen LogP contribution >= 0.6 is 0 Å². The molecule has 138 valence electrons. The highest BCUT2D eigenvalue weighted by Gasteiger charge is 2.20. The molecule has 4 nitrogen and oxygen atoms in total. The van der Waals surface area contributed by atoms with Crippen LogP contribution in [0, 0.1) is 5.82 Å². The maximum Gasteiger partial charge on any atom is 0.265 e. The lowest BCUT2D eigenvalue weighted by Gasteiger charge is -2.17. The van der Waals surface area contributed by atoms with Crippen LogP contribution in [0.25, 0.3) is 0 Å². The predicted molar refractivity (Wildman–Crippen MR) is 103 cm³/mol. The van der Waals surface area contributed by atoms with Gasteiger partial charge in [0, 0.05) is 5.69 Å². The van der Waals surface area contributed by atoms with E-state index >= 15 is 0 Å². The van der Waals surface area contributed by atoms with Crippen molar-refractivity contribution in [3.8, 4) is 17.2 Å². The van der Waals surface area contributed by atoms with Gasteiger partial charge in [0.1, 0.15) is 11.5 Å². The van der Waals surface area contributed by atoms with Gasteiger partial charge in [-0.1, -0.05) is 37.3 Å². The van der Waals surface area contributed by atoms with E-state index in [9.17, 15) is 9.18 Å². The van der Waals surface area contributed by atoms with Crippen molar-refractivity contribution in [2.45, 2.75) is 19.4 Å². The number of nitrogens with one attached hydrogen (secondary N) is 1. The molecule has 0 saturated carbocycles. The number of hydrogen-bond donors (Lipinski definition) is 1. The van der Waals surface area contributed by atoms with Gasteiger partial charge >= 0.3 is 0 Å². The minimum Gasteiger partial charge on any atom is -0.478 e. The zero-order valence-electron chi connectivity index (χ0n) is 14.9. The summed E-state index contributed by atoms with van der Waals surface area (Å²) in [5.74, 6) is 0.627. The zero-order valence-corrected chi connectivity index (χ0v) is 14.9. The molecule has 0 aliphatic rings. The molecule has 5 heteroatoms. The molecule has 0 heterocycles. The monoisotopic (exact) mass is 365 g/mol. The first kappa shape index (κ1) is 18.5. The number of para-hydroxylation sites is 2. The quantitative estimate of drug-likeness (QED) is 0.609. The van der Waals surface area contributed by atoms with E-state index in [0.717, 1.165) is 5.75 Å². The van der Waals surface area contributed by atoms with Crippen molar-refractivity contribution in [3.63, 3.8) is 0 Å². The van der Waals surface area contributed by atoms with E-state index in [2.05, 4.69) is 5.32 Å². The highest BCUT2D eigenvalue weighted by Crippen LogP contribution is 2.23. The molecule has 0 unspecified atom stereocenters. The molecule has 3 aromatic rings. The molecule has 0 saturated heterocycles. The summed E-state index contributed by atoms with van der Waals surface area (Å²) in [4.78, 5) is 12.4. The molecule has 0 aliphatic heterocycles. The van der Waals surface area contributed by atoms with Gasteiger partial charge in [0.15, 0.2) is 17.7 Å². The predicted octanol–water partition coefficient (Wildman–Crippen LogP) is 5.41. The smallest absolute Gasteiger partial charge is 0.265 e. The van der Waals surface area contributed by atoms with Gasteiger partial charge in [0.25, 0.3) is 5.91 Å². The lowest BCUT2D eigenvalue weighted by atomic mass is 10.2. The highest BCUT2D eigenvalue weighted by molar-refractivity contribution is 5.94. The number of ether oxygens (including phenoxy) is 2. The lowest BCUT2D eigenvalue weighted by molar-refractivity contribution is -0.122. The summed E-state index contributed by atoms with van der Waals surface area (Å²) in [5, 5.41) is 2.78. The Morgan fingerprint density at radius 2 is 1.56 bits per heavy atom. The van der Waals surface area contributed by atoms with E-state index in [4.69, 9.17) is 9.47 Å². The first-order valence-electron chi connectivity index (χ1n) is 8.70. The van der Waals surface area contributed by atoms with Crippen molar-refractivity contribution in [2.75, 3.05) is 5.32 Å². The van der Waals surface area contributed by atoms with Crippen molar-refractivity contribution < 1.29 is 18.7 Å². The Balaban J connectivity index is 1.61. The van der Waals surface area contributed by atoms with Gasteiger partial charge in [-0.05, 0) is 55.0 Å². The first-order chi connectivity index (χ1) is 13.2. The molecular formula is C22H20FNO3. The largest absolute Gasteiger partial charge is 0.478 e. The molecule has 3 rings (SSSR count). The van der Waals surface area contributed by atoms with Gasteiger partial charge in [-0.2, -0.15) is 0 Å². The van der Waals surface area contributed by atoms with Gasteiger partial charge < -0.3 is 14.8 Å². The summed E-state index contributed by atoms with van der Waals surface area (Å²) in [6, 6.07) is 22.5. The number of hydrogen-bond acceptors (Lipinski definition) is 3. The maximum absolute atomic E-state index is 13.7. The fourth-order valence-electron chi connectivity index (χ4n) is 2.47. The number of rotatable bonds is 7. The van der Waals surface area contributed by atoms with E-state index < -0.39 is 11.9 Å². The van der Waals surface area contributed by atoms with Crippen molar-refractivity contribution >= 4 is 11.6 Å². The molecule has 1 atom stereocenters. The third-order valence-electron chi connectivity index (χ3n) is 3.87. The fourth-order valence-corrected chi connectivity index (χ4v) is 2.47. The minimum atomic E-state index is -0.790. The van der Waals surface area contributed by atoms with Gasteiger partial charge in [-0.3, -0.25) is 4.79 Å². The molecule has 0 fully saturated rings. The van der Waals surface area contributed by atoms with Gasteiger partial charge in [-0.25, -0.2) is 4.39 Å². The fraction of sp³-hybridized carbons (Fsp3) is 0.136. The standard InChI is InChI=1S/C22H20FNO3/c1-2-20(27-21-11-7-6-10-19(21)23)22(25)24-16-12-14-18(15-13-16)26-17-8-4-3-5-9-17/h3-15,20H,2H2,1H3,(H,24,25)/t20-/m1/s1. The summed E-state index contributed by atoms with van der Waals surface area (Å²) >= 11 is 0. The number of carbonyl (C=O) groups excluding carboxylic acids is 1. The Kier molecular flexibility index (Phi) is 6.05. The molecule has 0 bridgehead atoms. The molecule has 27 heavy (non-hydrogen) atoms. The Labute approximate surface area is 157 Å². The molecule has 0 aliphatic carbocycles. The van der Waals surface area contributed by atoms with Crippen molar-refractivity contribution in [1.29, 1.82) is 0 Å². The van der Waals surface area contributed by atoms with Crippen LogP contribution in [-0.4, -0.2) is 12.0 Å². The van der Waals surface area contributed by atoms with Crippen LogP contribution in [0.5, 0.6) is 17.2 Å². The van der Waals surface area contributed by atoms with Gasteiger partial charge in [0.2, 0.25) is 0 Å². The van der Waals surface area contributed by atoms with E-state index in [0.29, 0.717) is 17.9 Å². The summed E-state index contributed by atoms with van der Waals surface area (Å²) in [5.41, 5.74) is 0.607. The zero-order chi connectivity index (χ0) is 19.1. The average Bonchev–Trinajstić information content (AvgIpc) is 2.69. The number of halogens is 1. The van der Waals surface area contributed by atoms with Crippen LogP contribution in [0.2, 0.25) is 0 Å². The van der Waals surface area contributed by atoms with Crippen LogP contribution in [0.3, 0.4) is 0 Å². The second-order valence-electron chi connectivity index (χ2n) is 5.87. The van der Waals surface area contributed by atoms with E-state index in [1.54, 1.807) is 36.4 Å². The normalized spacial score (nSPS) is 11.5. The van der Waals surface area contributed by atoms with Crippen LogP contribution in [0.15, 0.2) is 78.9 Å². The van der Waals surface area contributed by atoms with Gasteiger partial charge in [-0.15, -0.1) is 0 Å². The van der Waals surface area contributed by atoms with Crippen LogP contribution < -0.4 is 14.8 Å². The van der Waals surface area contributed by atoms with Crippen LogP contribution in [0.4, 0.5) is 10.1 Å². The third kappa shape index (κ3) is 5.07. The Hall–Kier alpha value is -3.34. The highest BCUT2D eigenvalue weighted by atomic mass is 19.1. The van der Waals surface area contributed by atoms with E-state index in [1.165, 1.54) is 12.1 Å². The third-order valence-corrected chi connectivity index (χ3v) is 3.87. The number of carbonyl (C=O) groups is 1. The Morgan fingerprint density at radius 3 is 2.22 bits per heavy atom. The Morgan fingerprint density at radius 1 is 0.926 bits per heavy atom. The number of benzene rings is 3. The topological polar surface area (TPSA) is 47.6 Å². The number of anilines is 1. The second-order valence-corrected chi connectivity index (χ2v) is 5.87. The SMILES string of the molecule is CC[C@@H](Oc1ccccc1F)C(=O)Nc1ccc(Oc2ccccc2)cc1. The molecule has 1 amide bonds. The molecule has 0 aromatic heterocycles. The molecule has 0 radical (unpaired) electrons. The van der Waals surface area contributed by atoms with Gasteiger partial charge in [0.05, 0.1) is 0 Å². The summed E-state index contributed by atoms with van der Waals surface area (Å²) in [6.07, 6.45) is -0.378. The second kappa shape index (κ2) is 8.85. The minimum absolute atomic E-state index is 0.0612. The first-order valence-corrected chi connectivity index (χ1v) is 8.70. The lowest BCUT2D eigenvalue weighted by Crippen LogP contribution is -2.32. The maximum atomic E-state index is 13.7. The summed E-state index contributed by atoms with van der Waals surface area (Å²) in [7, 11) is 0. The van der Waals surface area contributed by atoms with Crippen molar-refractivity contribution in [2.24, 2.45) is 0 Å². The molecule has 0 spiro atoms. The average molecular weight is 365 g/mol.